The number of carbonyl (C=O) groups excluding carboxylic acids is 1. The third-order valence-corrected chi connectivity index (χ3v) is 9.03. The lowest BCUT2D eigenvalue weighted by atomic mass is 9.83. The van der Waals surface area contributed by atoms with Gasteiger partial charge in [-0.05, 0) is 42.8 Å². The van der Waals surface area contributed by atoms with Crippen molar-refractivity contribution in [2.45, 2.75) is 30.1 Å². The smallest absolute Gasteiger partial charge is 0.343 e. The van der Waals surface area contributed by atoms with Crippen LogP contribution in [0.4, 0.5) is 0 Å². The fraction of sp³-hybridized carbons (Fsp3) is 0.387. The summed E-state index contributed by atoms with van der Waals surface area (Å²) >= 11 is 1.81. The number of hydrogen-bond donors (Lipinski definition) is 0. The second-order valence-corrected chi connectivity index (χ2v) is 11.1. The summed E-state index contributed by atoms with van der Waals surface area (Å²) in [7, 11) is 8.43. The number of carbonyl (C=O) groups is 1. The lowest BCUT2D eigenvalue weighted by Crippen LogP contribution is -2.37. The van der Waals surface area contributed by atoms with Crippen LogP contribution in [0.3, 0.4) is 0 Å². The molecule has 6 rings (SSSR count). The number of esters is 1. The van der Waals surface area contributed by atoms with Crippen LogP contribution in [0.2, 0.25) is 0 Å². The zero-order chi connectivity index (χ0) is 28.7. The summed E-state index contributed by atoms with van der Waals surface area (Å²) in [6, 6.07) is 11.5. The summed E-state index contributed by atoms with van der Waals surface area (Å²) in [5, 5.41) is 0. The van der Waals surface area contributed by atoms with Crippen molar-refractivity contribution in [2.75, 3.05) is 48.8 Å². The van der Waals surface area contributed by atoms with E-state index in [0.717, 1.165) is 58.2 Å². The predicted octanol–water partition coefficient (Wildman–Crippen LogP) is 5.32. The third kappa shape index (κ3) is 4.59. The van der Waals surface area contributed by atoms with E-state index in [1.54, 1.807) is 21.3 Å². The molecule has 3 aromatic rings. The molecular weight excluding hydrogens is 546 g/mol. The van der Waals surface area contributed by atoms with Gasteiger partial charge < -0.3 is 33.2 Å². The zero-order valence-electron chi connectivity index (χ0n) is 23.8. The van der Waals surface area contributed by atoms with Gasteiger partial charge in [-0.15, -0.1) is 0 Å². The van der Waals surface area contributed by atoms with Gasteiger partial charge >= 0.3 is 5.97 Å². The molecule has 0 radical (unpaired) electrons. The Morgan fingerprint density at radius 3 is 2.37 bits per heavy atom. The summed E-state index contributed by atoms with van der Waals surface area (Å²) in [5.74, 6) is 4.79. The normalized spacial score (nSPS) is 18.9. The van der Waals surface area contributed by atoms with Gasteiger partial charge in [-0.25, -0.2) is 4.79 Å². The molecule has 0 aliphatic carbocycles. The summed E-state index contributed by atoms with van der Waals surface area (Å²) in [6.07, 6.45) is 0.225. The van der Waals surface area contributed by atoms with Gasteiger partial charge in [-0.3, -0.25) is 4.90 Å². The van der Waals surface area contributed by atoms with Gasteiger partial charge in [0.2, 0.25) is 12.5 Å². The van der Waals surface area contributed by atoms with Crippen molar-refractivity contribution in [3.8, 4) is 34.5 Å². The summed E-state index contributed by atoms with van der Waals surface area (Å²) in [6.45, 7) is 0.900. The Balaban J connectivity index is 1.41. The summed E-state index contributed by atoms with van der Waals surface area (Å²) in [5.41, 5.74) is 5.58. The number of hydrogen-bond acceptors (Lipinski definition) is 10. The van der Waals surface area contributed by atoms with E-state index in [-0.39, 0.29) is 12.8 Å². The van der Waals surface area contributed by atoms with E-state index >= 15 is 0 Å². The molecule has 3 heterocycles. The quantitative estimate of drug-likeness (QED) is 0.311. The molecule has 0 saturated carbocycles. The maximum Gasteiger partial charge on any atom is 0.343 e. The molecule has 10 heteroatoms. The number of cyclic esters (lactones) is 1. The second kappa shape index (κ2) is 11.3. The fourth-order valence-electron chi connectivity index (χ4n) is 6.07. The molecule has 0 spiro atoms. The van der Waals surface area contributed by atoms with Gasteiger partial charge in [-0.2, -0.15) is 11.8 Å². The van der Waals surface area contributed by atoms with Crippen LogP contribution in [-0.2, 0) is 22.7 Å². The van der Waals surface area contributed by atoms with E-state index in [1.807, 2.05) is 43.1 Å². The lowest BCUT2D eigenvalue weighted by Gasteiger charge is -2.39. The van der Waals surface area contributed by atoms with Crippen molar-refractivity contribution in [1.82, 2.24) is 4.90 Å². The molecule has 3 aliphatic heterocycles. The van der Waals surface area contributed by atoms with E-state index in [1.165, 1.54) is 12.7 Å². The summed E-state index contributed by atoms with van der Waals surface area (Å²) in [4.78, 5) is 15.5. The molecular formula is C31H33NO8S. The van der Waals surface area contributed by atoms with Crippen LogP contribution in [0.15, 0.2) is 36.4 Å². The first-order chi connectivity index (χ1) is 20.0. The molecule has 0 fully saturated rings. The Hall–Kier alpha value is -3.76. The molecule has 9 nitrogen and oxygen atoms in total. The number of fused-ring (bicyclic) bond motifs is 3. The molecule has 0 bridgehead atoms. The number of methoxy groups -OCH3 is 4. The molecule has 0 N–H and O–H groups in total. The molecule has 41 heavy (non-hydrogen) atoms. The number of ether oxygens (including phenoxy) is 7. The SMILES string of the molecule is COc1ccc(CSCc2c3c(c(OC)c4c2OCO4)[C@H]([C@H]2OC(=O)c4c2ccc(OC)c4OC)N(C)CC3)cc1. The van der Waals surface area contributed by atoms with E-state index in [4.69, 9.17) is 33.2 Å². The van der Waals surface area contributed by atoms with Gasteiger partial charge in [0.15, 0.2) is 23.0 Å². The Kier molecular flexibility index (Phi) is 7.52. The van der Waals surface area contributed by atoms with Gasteiger partial charge in [0.05, 0.1) is 34.5 Å². The third-order valence-electron chi connectivity index (χ3n) is 8.00. The van der Waals surface area contributed by atoms with Crippen molar-refractivity contribution in [3.63, 3.8) is 0 Å². The average Bonchev–Trinajstić information content (AvgIpc) is 3.61. The van der Waals surface area contributed by atoms with Crippen LogP contribution in [0.5, 0.6) is 34.5 Å². The fourth-order valence-corrected chi connectivity index (χ4v) is 7.11. The monoisotopic (exact) mass is 579 g/mol. The topological polar surface area (TPSA) is 84.9 Å². The average molecular weight is 580 g/mol. The van der Waals surface area contributed by atoms with E-state index in [2.05, 4.69) is 17.0 Å². The number of likely N-dealkylation sites (N-methyl/N-ethyl adjacent to an activating group) is 1. The van der Waals surface area contributed by atoms with Crippen LogP contribution in [-0.4, -0.2) is 59.7 Å². The minimum Gasteiger partial charge on any atom is -0.497 e. The second-order valence-electron chi connectivity index (χ2n) is 10.1. The lowest BCUT2D eigenvalue weighted by molar-refractivity contribution is 0.00870. The van der Waals surface area contributed by atoms with Crippen molar-refractivity contribution >= 4 is 17.7 Å². The Bertz CT molecular complexity index is 1470. The maximum atomic E-state index is 13.2. The maximum absolute atomic E-state index is 13.2. The number of benzene rings is 3. The van der Waals surface area contributed by atoms with Crippen LogP contribution in [0.1, 0.15) is 50.3 Å². The standard InChI is InChI=1S/C31H33NO8S/c1-32-13-12-19-21(15-41-14-17-6-8-18(34-2)9-7-17)27-30(39-16-38-27)29(37-5)23(19)25(32)26-20-10-11-22(35-3)28(36-4)24(20)31(33)40-26/h6-11,25-26H,12-16H2,1-5H3/t25-,26+/m1/s1. The minimum absolute atomic E-state index is 0.128. The highest BCUT2D eigenvalue weighted by Crippen LogP contribution is 2.57. The van der Waals surface area contributed by atoms with Gasteiger partial charge in [0.1, 0.15) is 17.4 Å². The number of rotatable bonds is 9. The minimum atomic E-state index is -0.574. The highest BCUT2D eigenvalue weighted by molar-refractivity contribution is 7.97. The van der Waals surface area contributed by atoms with Gasteiger partial charge in [-0.1, -0.05) is 18.2 Å². The van der Waals surface area contributed by atoms with Crippen LogP contribution in [0, 0.1) is 0 Å². The number of nitrogens with zero attached hydrogens (tertiary/aromatic N) is 1. The molecule has 2 atom stereocenters. The van der Waals surface area contributed by atoms with Crippen LogP contribution >= 0.6 is 11.8 Å². The molecule has 0 aromatic heterocycles. The summed E-state index contributed by atoms with van der Waals surface area (Å²) < 4.78 is 40.4. The molecule has 0 saturated heterocycles. The van der Waals surface area contributed by atoms with Crippen LogP contribution < -0.4 is 28.4 Å². The van der Waals surface area contributed by atoms with Crippen molar-refractivity contribution in [1.29, 1.82) is 0 Å². The molecule has 3 aromatic carbocycles. The first-order valence-electron chi connectivity index (χ1n) is 13.4. The van der Waals surface area contributed by atoms with E-state index in [9.17, 15) is 4.79 Å². The Morgan fingerprint density at radius 2 is 1.66 bits per heavy atom. The number of thioether (sulfide) groups is 1. The van der Waals surface area contributed by atoms with Gasteiger partial charge in [0, 0.05) is 34.7 Å². The first kappa shape index (κ1) is 27.4. The Labute approximate surface area is 243 Å². The Morgan fingerprint density at radius 1 is 0.902 bits per heavy atom. The van der Waals surface area contributed by atoms with E-state index < -0.39 is 12.1 Å². The highest BCUT2D eigenvalue weighted by Gasteiger charge is 2.47. The molecule has 216 valence electrons. The predicted molar refractivity (Wildman–Crippen MR) is 154 cm³/mol. The zero-order valence-corrected chi connectivity index (χ0v) is 24.6. The van der Waals surface area contributed by atoms with Crippen molar-refractivity contribution < 1.29 is 38.0 Å². The molecule has 3 aliphatic rings. The van der Waals surface area contributed by atoms with Crippen LogP contribution in [0.25, 0.3) is 0 Å². The largest absolute Gasteiger partial charge is 0.497 e. The van der Waals surface area contributed by atoms with Gasteiger partial charge in [0.25, 0.3) is 0 Å². The van der Waals surface area contributed by atoms with Crippen molar-refractivity contribution in [2.24, 2.45) is 0 Å². The molecule has 0 amide bonds. The highest BCUT2D eigenvalue weighted by atomic mass is 32.2. The van der Waals surface area contributed by atoms with E-state index in [0.29, 0.717) is 28.6 Å². The molecule has 0 unspecified atom stereocenters. The van der Waals surface area contributed by atoms with Crippen molar-refractivity contribution in [3.05, 3.63) is 69.8 Å². The first-order valence-corrected chi connectivity index (χ1v) is 14.5.